The van der Waals surface area contributed by atoms with E-state index in [0.29, 0.717) is 23.5 Å². The molecule has 0 aliphatic heterocycles. The van der Waals surface area contributed by atoms with Crippen LogP contribution in [0.15, 0.2) is 18.2 Å². The quantitative estimate of drug-likeness (QED) is 0.828. The predicted octanol–water partition coefficient (Wildman–Crippen LogP) is 1.38. The Kier molecular flexibility index (Phi) is 3.72. The van der Waals surface area contributed by atoms with Gasteiger partial charge in [-0.2, -0.15) is 0 Å². The Morgan fingerprint density at radius 2 is 2.11 bits per heavy atom. The Morgan fingerprint density at radius 1 is 1.39 bits per heavy atom. The second kappa shape index (κ2) is 5.27. The zero-order valence-electron chi connectivity index (χ0n) is 10.6. The van der Waals surface area contributed by atoms with Crippen molar-refractivity contribution in [3.05, 3.63) is 23.8 Å². The van der Waals surface area contributed by atoms with Crippen molar-refractivity contribution >= 4 is 11.6 Å². The van der Waals surface area contributed by atoms with E-state index in [-0.39, 0.29) is 0 Å². The SMILES string of the molecule is COc1ccc(C(N)=O)cc1NC1CC(OC)C1. The van der Waals surface area contributed by atoms with E-state index < -0.39 is 5.91 Å². The third kappa shape index (κ3) is 2.56. The average Bonchev–Trinajstić information content (AvgIpc) is 2.32. The van der Waals surface area contributed by atoms with Crippen molar-refractivity contribution in [3.8, 4) is 5.75 Å². The molecule has 1 fully saturated rings. The van der Waals surface area contributed by atoms with Crippen molar-refractivity contribution in [1.82, 2.24) is 0 Å². The summed E-state index contributed by atoms with van der Waals surface area (Å²) in [4.78, 5) is 11.2. The molecule has 0 bridgehead atoms. The summed E-state index contributed by atoms with van der Waals surface area (Å²) in [5.41, 5.74) is 6.54. The van der Waals surface area contributed by atoms with Gasteiger partial charge in [-0.05, 0) is 31.0 Å². The highest BCUT2D eigenvalue weighted by molar-refractivity contribution is 5.94. The average molecular weight is 250 g/mol. The van der Waals surface area contributed by atoms with Gasteiger partial charge in [0.2, 0.25) is 5.91 Å². The molecular weight excluding hydrogens is 232 g/mol. The van der Waals surface area contributed by atoms with Crippen LogP contribution in [0.3, 0.4) is 0 Å². The highest BCUT2D eigenvalue weighted by Crippen LogP contribution is 2.31. The van der Waals surface area contributed by atoms with Crippen molar-refractivity contribution in [2.75, 3.05) is 19.5 Å². The van der Waals surface area contributed by atoms with Gasteiger partial charge in [0, 0.05) is 18.7 Å². The number of benzene rings is 1. The molecule has 1 aromatic carbocycles. The summed E-state index contributed by atoms with van der Waals surface area (Å²) >= 11 is 0. The third-order valence-corrected chi connectivity index (χ3v) is 3.27. The monoisotopic (exact) mass is 250 g/mol. The minimum atomic E-state index is -0.441. The summed E-state index contributed by atoms with van der Waals surface area (Å²) < 4.78 is 10.5. The van der Waals surface area contributed by atoms with Crippen LogP contribution < -0.4 is 15.8 Å². The largest absolute Gasteiger partial charge is 0.495 e. The minimum Gasteiger partial charge on any atom is -0.495 e. The molecule has 1 amide bonds. The number of carbonyl (C=O) groups is 1. The van der Waals surface area contributed by atoms with Crippen molar-refractivity contribution in [2.24, 2.45) is 5.73 Å². The predicted molar refractivity (Wildman–Crippen MR) is 69.0 cm³/mol. The van der Waals surface area contributed by atoms with Crippen molar-refractivity contribution in [3.63, 3.8) is 0 Å². The second-order valence-electron chi connectivity index (χ2n) is 4.45. The molecule has 0 unspecified atom stereocenters. The number of amides is 1. The Balaban J connectivity index is 2.10. The standard InChI is InChI=1S/C13H18N2O3/c1-17-10-6-9(7-10)15-11-5-8(13(14)16)3-4-12(11)18-2/h3-5,9-10,15H,6-7H2,1-2H3,(H2,14,16). The molecule has 0 heterocycles. The van der Waals surface area contributed by atoms with Crippen LogP contribution in [0.2, 0.25) is 0 Å². The maximum Gasteiger partial charge on any atom is 0.248 e. The molecule has 0 atom stereocenters. The molecule has 2 rings (SSSR count). The summed E-state index contributed by atoms with van der Waals surface area (Å²) in [6.07, 6.45) is 2.24. The van der Waals surface area contributed by atoms with E-state index in [1.54, 1.807) is 32.4 Å². The molecule has 0 aromatic heterocycles. The summed E-state index contributed by atoms with van der Waals surface area (Å²) in [5, 5.41) is 3.34. The van der Waals surface area contributed by atoms with Gasteiger partial charge in [-0.15, -0.1) is 0 Å². The number of methoxy groups -OCH3 is 2. The normalized spacial score (nSPS) is 22.1. The van der Waals surface area contributed by atoms with Gasteiger partial charge >= 0.3 is 0 Å². The van der Waals surface area contributed by atoms with E-state index >= 15 is 0 Å². The van der Waals surface area contributed by atoms with Crippen LogP contribution in [-0.4, -0.2) is 32.3 Å². The molecule has 18 heavy (non-hydrogen) atoms. The highest BCUT2D eigenvalue weighted by atomic mass is 16.5. The van der Waals surface area contributed by atoms with Gasteiger partial charge in [0.15, 0.2) is 0 Å². The second-order valence-corrected chi connectivity index (χ2v) is 4.45. The zero-order valence-corrected chi connectivity index (χ0v) is 10.6. The maximum atomic E-state index is 11.2. The topological polar surface area (TPSA) is 73.6 Å². The van der Waals surface area contributed by atoms with Crippen molar-refractivity contribution in [2.45, 2.75) is 25.0 Å². The van der Waals surface area contributed by atoms with Gasteiger partial charge in [-0.1, -0.05) is 0 Å². The van der Waals surface area contributed by atoms with Crippen molar-refractivity contribution in [1.29, 1.82) is 0 Å². The molecule has 3 N–H and O–H groups in total. The number of hydrogen-bond acceptors (Lipinski definition) is 4. The van der Waals surface area contributed by atoms with Crippen LogP contribution >= 0.6 is 0 Å². The van der Waals surface area contributed by atoms with E-state index in [0.717, 1.165) is 18.5 Å². The molecule has 1 aromatic rings. The van der Waals surface area contributed by atoms with Gasteiger partial charge in [0.05, 0.1) is 18.9 Å². The first-order chi connectivity index (χ1) is 8.63. The molecule has 5 heteroatoms. The molecule has 5 nitrogen and oxygen atoms in total. The summed E-state index contributed by atoms with van der Waals surface area (Å²) in [6, 6.07) is 5.48. The Labute approximate surface area is 106 Å². The number of ether oxygens (including phenoxy) is 2. The molecule has 98 valence electrons. The van der Waals surface area contributed by atoms with E-state index in [1.807, 2.05) is 0 Å². The first kappa shape index (κ1) is 12.7. The van der Waals surface area contributed by atoms with Crippen LogP contribution in [0.25, 0.3) is 0 Å². The van der Waals surface area contributed by atoms with E-state index in [9.17, 15) is 4.79 Å². The molecule has 0 spiro atoms. The number of carbonyl (C=O) groups excluding carboxylic acids is 1. The number of primary amides is 1. The summed E-state index contributed by atoms with van der Waals surface area (Å²) in [6.45, 7) is 0. The van der Waals surface area contributed by atoms with Crippen LogP contribution in [-0.2, 0) is 4.74 Å². The fourth-order valence-electron chi connectivity index (χ4n) is 2.07. The number of nitrogens with one attached hydrogen (secondary N) is 1. The minimum absolute atomic E-state index is 0.327. The molecule has 1 saturated carbocycles. The highest BCUT2D eigenvalue weighted by Gasteiger charge is 2.29. The smallest absolute Gasteiger partial charge is 0.248 e. The lowest BCUT2D eigenvalue weighted by Crippen LogP contribution is -2.40. The van der Waals surface area contributed by atoms with Crippen LogP contribution in [0.4, 0.5) is 5.69 Å². The molecule has 0 radical (unpaired) electrons. The van der Waals surface area contributed by atoms with Crippen molar-refractivity contribution < 1.29 is 14.3 Å². The Morgan fingerprint density at radius 3 is 2.67 bits per heavy atom. The van der Waals surface area contributed by atoms with Gasteiger partial charge in [0.25, 0.3) is 0 Å². The lowest BCUT2D eigenvalue weighted by molar-refractivity contribution is 0.0328. The van der Waals surface area contributed by atoms with Gasteiger partial charge in [0.1, 0.15) is 5.75 Å². The summed E-state index contributed by atoms with van der Waals surface area (Å²) in [7, 11) is 3.32. The Bertz CT molecular complexity index is 442. The molecule has 0 saturated heterocycles. The van der Waals surface area contributed by atoms with E-state index in [1.165, 1.54) is 0 Å². The number of hydrogen-bond donors (Lipinski definition) is 2. The lowest BCUT2D eigenvalue weighted by Gasteiger charge is -2.35. The maximum absolute atomic E-state index is 11.2. The van der Waals surface area contributed by atoms with E-state index in [2.05, 4.69) is 5.32 Å². The molecule has 1 aliphatic carbocycles. The molecular formula is C13H18N2O3. The number of nitrogens with two attached hydrogens (primary N) is 1. The first-order valence-electron chi connectivity index (χ1n) is 5.91. The number of rotatable bonds is 5. The van der Waals surface area contributed by atoms with Gasteiger partial charge < -0.3 is 20.5 Å². The first-order valence-corrected chi connectivity index (χ1v) is 5.91. The number of anilines is 1. The fraction of sp³-hybridized carbons (Fsp3) is 0.462. The van der Waals surface area contributed by atoms with E-state index in [4.69, 9.17) is 15.2 Å². The van der Waals surface area contributed by atoms with Crippen LogP contribution in [0, 0.1) is 0 Å². The van der Waals surface area contributed by atoms with Gasteiger partial charge in [-0.25, -0.2) is 0 Å². The zero-order chi connectivity index (χ0) is 13.1. The van der Waals surface area contributed by atoms with Gasteiger partial charge in [-0.3, -0.25) is 4.79 Å². The Hall–Kier alpha value is -1.75. The third-order valence-electron chi connectivity index (χ3n) is 3.27. The van der Waals surface area contributed by atoms with Crippen LogP contribution in [0.5, 0.6) is 5.75 Å². The summed E-state index contributed by atoms with van der Waals surface area (Å²) in [5.74, 6) is 0.268. The fourth-order valence-corrected chi connectivity index (χ4v) is 2.07. The van der Waals surface area contributed by atoms with Crippen LogP contribution in [0.1, 0.15) is 23.2 Å². The lowest BCUT2D eigenvalue weighted by atomic mass is 9.89. The molecule has 1 aliphatic rings.